The van der Waals surface area contributed by atoms with Crippen molar-refractivity contribution in [2.24, 2.45) is 0 Å². The molecule has 1 aromatic heterocycles. The molecule has 1 atom stereocenters. The van der Waals surface area contributed by atoms with Gasteiger partial charge in [-0.2, -0.15) is 0 Å². The summed E-state index contributed by atoms with van der Waals surface area (Å²) in [6.07, 6.45) is -0.360. The highest BCUT2D eigenvalue weighted by Crippen LogP contribution is 2.31. The summed E-state index contributed by atoms with van der Waals surface area (Å²) in [7, 11) is 1.45. The summed E-state index contributed by atoms with van der Waals surface area (Å²) in [4.78, 5) is 28.7. The molecule has 6 nitrogen and oxygen atoms in total. The largest absolute Gasteiger partial charge is 0.494 e. The van der Waals surface area contributed by atoms with E-state index in [9.17, 15) is 19.1 Å². The van der Waals surface area contributed by atoms with Crippen molar-refractivity contribution in [1.82, 2.24) is 10.3 Å². The van der Waals surface area contributed by atoms with Gasteiger partial charge in [0.25, 0.3) is 5.91 Å². The van der Waals surface area contributed by atoms with Crippen LogP contribution in [0.3, 0.4) is 0 Å². The number of carbonyl (C=O) groups is 2. The number of hydrogen-bond donors (Lipinski definition) is 2. The van der Waals surface area contributed by atoms with E-state index in [2.05, 4.69) is 10.3 Å². The summed E-state index contributed by atoms with van der Waals surface area (Å²) in [6.45, 7) is 1.79. The van der Waals surface area contributed by atoms with E-state index in [1.807, 2.05) is 0 Å². The highest BCUT2D eigenvalue weighted by molar-refractivity contribution is 6.31. The summed E-state index contributed by atoms with van der Waals surface area (Å²) in [5.74, 6) is -1.76. The van der Waals surface area contributed by atoms with Crippen molar-refractivity contribution in [2.45, 2.75) is 19.4 Å². The van der Waals surface area contributed by atoms with E-state index in [1.54, 1.807) is 43.3 Å². The molecule has 0 aliphatic carbocycles. The highest BCUT2D eigenvalue weighted by Gasteiger charge is 2.23. The van der Waals surface area contributed by atoms with Gasteiger partial charge in [-0.3, -0.25) is 9.59 Å². The maximum atomic E-state index is 13.8. The van der Waals surface area contributed by atoms with Gasteiger partial charge in [0, 0.05) is 10.6 Å². The van der Waals surface area contributed by atoms with Gasteiger partial charge in [-0.05, 0) is 48.4 Å². The zero-order valence-corrected chi connectivity index (χ0v) is 17.6. The Morgan fingerprint density at radius 1 is 1.19 bits per heavy atom. The number of carboxylic acids is 1. The first-order valence-corrected chi connectivity index (χ1v) is 9.76. The maximum Gasteiger partial charge on any atom is 0.305 e. The minimum Gasteiger partial charge on any atom is -0.494 e. The second-order valence-corrected chi connectivity index (χ2v) is 7.26. The Kier molecular flexibility index (Phi) is 6.87. The van der Waals surface area contributed by atoms with Crippen LogP contribution in [0.15, 0.2) is 54.6 Å². The second-order valence-electron chi connectivity index (χ2n) is 6.85. The summed E-state index contributed by atoms with van der Waals surface area (Å²) in [5, 5.41) is 12.3. The lowest BCUT2D eigenvalue weighted by atomic mass is 10.0. The van der Waals surface area contributed by atoms with E-state index in [0.717, 1.165) is 5.56 Å². The Hall–Kier alpha value is -3.45. The number of hydrogen-bond acceptors (Lipinski definition) is 4. The van der Waals surface area contributed by atoms with Crippen LogP contribution in [0.5, 0.6) is 5.75 Å². The van der Waals surface area contributed by atoms with E-state index in [1.165, 1.54) is 25.3 Å². The summed E-state index contributed by atoms with van der Waals surface area (Å²) in [5.41, 5.74) is 2.06. The van der Waals surface area contributed by atoms with Crippen LogP contribution in [0.1, 0.15) is 34.1 Å². The monoisotopic (exact) mass is 442 g/mol. The first-order chi connectivity index (χ1) is 14.8. The minimum absolute atomic E-state index is 0.0295. The molecule has 0 radical (unpaired) electrons. The number of amides is 1. The number of benzene rings is 2. The molecule has 0 bridgehead atoms. The van der Waals surface area contributed by atoms with Crippen LogP contribution >= 0.6 is 11.6 Å². The molecule has 160 valence electrons. The third-order valence-electron chi connectivity index (χ3n) is 4.73. The molecule has 0 spiro atoms. The molecule has 3 rings (SSSR count). The van der Waals surface area contributed by atoms with Crippen LogP contribution < -0.4 is 10.1 Å². The lowest BCUT2D eigenvalue weighted by Gasteiger charge is -2.19. The molecule has 0 unspecified atom stereocenters. The first kappa shape index (κ1) is 22.2. The van der Waals surface area contributed by atoms with Crippen molar-refractivity contribution in [3.8, 4) is 17.0 Å². The molecule has 0 aliphatic heterocycles. The maximum absolute atomic E-state index is 13.8. The van der Waals surface area contributed by atoms with Crippen molar-refractivity contribution in [1.29, 1.82) is 0 Å². The molecule has 0 aliphatic rings. The lowest BCUT2D eigenvalue weighted by molar-refractivity contribution is -0.137. The molecule has 2 aromatic carbocycles. The van der Waals surface area contributed by atoms with E-state index >= 15 is 0 Å². The van der Waals surface area contributed by atoms with Gasteiger partial charge in [-0.1, -0.05) is 35.9 Å². The fourth-order valence-electron chi connectivity index (χ4n) is 3.18. The van der Waals surface area contributed by atoms with E-state index < -0.39 is 23.7 Å². The average molecular weight is 443 g/mol. The predicted molar refractivity (Wildman–Crippen MR) is 115 cm³/mol. The normalized spacial score (nSPS) is 11.6. The predicted octanol–water partition coefficient (Wildman–Crippen LogP) is 4.80. The minimum atomic E-state index is -1.09. The van der Waals surface area contributed by atoms with Crippen molar-refractivity contribution >= 4 is 23.5 Å². The number of nitrogens with one attached hydrogen (secondary N) is 1. The Morgan fingerprint density at radius 3 is 2.61 bits per heavy atom. The number of carboxylic acid groups (broad SMARTS) is 1. The Labute approximate surface area is 183 Å². The smallest absolute Gasteiger partial charge is 0.305 e. The average Bonchev–Trinajstić information content (AvgIpc) is 2.74. The second kappa shape index (κ2) is 9.57. The third kappa shape index (κ3) is 5.19. The van der Waals surface area contributed by atoms with Crippen LogP contribution in [0.2, 0.25) is 5.02 Å². The molecular weight excluding hydrogens is 423 g/mol. The fourth-order valence-corrected chi connectivity index (χ4v) is 3.45. The molecule has 0 fully saturated rings. The molecule has 2 N–H and O–H groups in total. The molecule has 3 aromatic rings. The molecule has 31 heavy (non-hydrogen) atoms. The van der Waals surface area contributed by atoms with E-state index in [0.29, 0.717) is 27.6 Å². The summed E-state index contributed by atoms with van der Waals surface area (Å²) in [6, 6.07) is 13.1. The number of rotatable bonds is 7. The van der Waals surface area contributed by atoms with Crippen molar-refractivity contribution in [2.75, 3.05) is 7.11 Å². The summed E-state index contributed by atoms with van der Waals surface area (Å²) < 4.78 is 19.2. The van der Waals surface area contributed by atoms with Gasteiger partial charge in [0.15, 0.2) is 0 Å². The number of aliphatic carboxylic acids is 1. The van der Waals surface area contributed by atoms with Gasteiger partial charge in [0.1, 0.15) is 23.0 Å². The number of halogens is 2. The van der Waals surface area contributed by atoms with E-state index in [-0.39, 0.29) is 12.1 Å². The van der Waals surface area contributed by atoms with Crippen molar-refractivity contribution < 1.29 is 23.8 Å². The van der Waals surface area contributed by atoms with Crippen LogP contribution in [0.25, 0.3) is 11.3 Å². The van der Waals surface area contributed by atoms with Gasteiger partial charge >= 0.3 is 5.97 Å². The number of aryl methyl sites for hydroxylation is 1. The Balaban J connectivity index is 1.98. The first-order valence-electron chi connectivity index (χ1n) is 9.38. The Bertz CT molecular complexity index is 1140. The number of aromatic nitrogens is 1. The van der Waals surface area contributed by atoms with Crippen LogP contribution in [-0.4, -0.2) is 29.1 Å². The number of ether oxygens (including phenoxy) is 1. The van der Waals surface area contributed by atoms with Crippen LogP contribution in [0.4, 0.5) is 4.39 Å². The molecule has 0 saturated carbocycles. The zero-order valence-electron chi connectivity index (χ0n) is 16.9. The standard InChI is InChI=1S/C23H20ClFN2O4/c1-13-7-8-14(25)11-16(13)22-20(31-2)10-9-18(26-22)23(30)27-19(12-21(28)29)15-5-3-4-6-17(15)24/h3-11,19H,12H2,1-2H3,(H,27,30)(H,28,29)/t19-/m0/s1. The van der Waals surface area contributed by atoms with Gasteiger partial charge < -0.3 is 15.2 Å². The van der Waals surface area contributed by atoms with Crippen LogP contribution in [0, 0.1) is 12.7 Å². The SMILES string of the molecule is COc1ccc(C(=O)N[C@@H](CC(=O)O)c2ccccc2Cl)nc1-c1cc(F)ccc1C. The summed E-state index contributed by atoms with van der Waals surface area (Å²) >= 11 is 6.20. The molecule has 0 saturated heterocycles. The number of nitrogens with zero attached hydrogens (tertiary/aromatic N) is 1. The van der Waals surface area contributed by atoms with Crippen molar-refractivity contribution in [3.05, 3.63) is 82.3 Å². The molecular formula is C23H20ClFN2O4. The van der Waals surface area contributed by atoms with Gasteiger partial charge in [-0.15, -0.1) is 0 Å². The quantitative estimate of drug-likeness (QED) is 0.548. The number of carbonyl (C=O) groups excluding carboxylic acids is 1. The molecule has 1 amide bonds. The lowest BCUT2D eigenvalue weighted by Crippen LogP contribution is -2.31. The number of methoxy groups -OCH3 is 1. The van der Waals surface area contributed by atoms with E-state index in [4.69, 9.17) is 16.3 Å². The topological polar surface area (TPSA) is 88.5 Å². The van der Waals surface area contributed by atoms with Crippen molar-refractivity contribution in [3.63, 3.8) is 0 Å². The third-order valence-corrected chi connectivity index (χ3v) is 5.07. The van der Waals surface area contributed by atoms with Crippen LogP contribution in [-0.2, 0) is 4.79 Å². The molecule has 8 heteroatoms. The van der Waals surface area contributed by atoms with Gasteiger partial charge in [0.2, 0.25) is 0 Å². The number of pyridine rings is 1. The zero-order chi connectivity index (χ0) is 22.5. The van der Waals surface area contributed by atoms with Gasteiger partial charge in [-0.25, -0.2) is 9.37 Å². The fraction of sp³-hybridized carbons (Fsp3) is 0.174. The Morgan fingerprint density at radius 2 is 1.94 bits per heavy atom. The highest BCUT2D eigenvalue weighted by atomic mass is 35.5. The molecule has 1 heterocycles. The van der Waals surface area contributed by atoms with Gasteiger partial charge in [0.05, 0.1) is 19.6 Å².